The van der Waals surface area contributed by atoms with Crippen LogP contribution in [0.5, 0.6) is 5.75 Å². The van der Waals surface area contributed by atoms with Crippen molar-refractivity contribution in [3.63, 3.8) is 0 Å². The lowest BCUT2D eigenvalue weighted by molar-refractivity contribution is -0.124. The van der Waals surface area contributed by atoms with Gasteiger partial charge in [-0.1, -0.05) is 12.1 Å². The highest BCUT2D eigenvalue weighted by molar-refractivity contribution is 6.11. The predicted molar refractivity (Wildman–Crippen MR) is 149 cm³/mol. The number of halogens is 4. The van der Waals surface area contributed by atoms with Gasteiger partial charge in [0.25, 0.3) is 5.91 Å². The van der Waals surface area contributed by atoms with Gasteiger partial charge in [0.2, 0.25) is 5.91 Å². The number of nitrogens with zero attached hydrogens (tertiary/aromatic N) is 3. The number of likely N-dealkylation sites (N-methyl/N-ethyl adjacent to an activating group) is 1. The van der Waals surface area contributed by atoms with Crippen LogP contribution in [0.3, 0.4) is 0 Å². The van der Waals surface area contributed by atoms with Gasteiger partial charge in [-0.2, -0.15) is 13.2 Å². The summed E-state index contributed by atoms with van der Waals surface area (Å²) in [6.45, 7) is 5.65. The number of aliphatic imine (C=N–C) groups is 1. The molecule has 3 aliphatic rings. The van der Waals surface area contributed by atoms with Gasteiger partial charge in [0.1, 0.15) is 17.5 Å². The minimum Gasteiger partial charge on any atom is -0.493 e. The molecule has 3 atom stereocenters. The number of piperazine rings is 1. The van der Waals surface area contributed by atoms with Crippen molar-refractivity contribution in [2.45, 2.75) is 44.9 Å². The Morgan fingerprint density at radius 3 is 2.49 bits per heavy atom. The van der Waals surface area contributed by atoms with Crippen molar-refractivity contribution in [1.29, 1.82) is 0 Å². The molecule has 41 heavy (non-hydrogen) atoms. The van der Waals surface area contributed by atoms with E-state index in [0.717, 1.165) is 12.8 Å². The van der Waals surface area contributed by atoms with Crippen LogP contribution in [-0.4, -0.2) is 67.9 Å². The molecular formula is C30H32F4N4O3. The fourth-order valence-corrected chi connectivity index (χ4v) is 5.16. The Morgan fingerprint density at radius 2 is 1.83 bits per heavy atom. The zero-order chi connectivity index (χ0) is 29.5. The molecule has 218 valence electrons. The first kappa shape index (κ1) is 28.8. The maximum atomic E-state index is 15.7. The number of carbonyl (C=O) groups is 2. The first-order valence-corrected chi connectivity index (χ1v) is 13.6. The first-order chi connectivity index (χ1) is 19.4. The van der Waals surface area contributed by atoms with Crippen molar-refractivity contribution in [1.82, 2.24) is 4.90 Å². The summed E-state index contributed by atoms with van der Waals surface area (Å²) >= 11 is 0. The number of alkyl halides is 3. The van der Waals surface area contributed by atoms with Gasteiger partial charge >= 0.3 is 6.18 Å². The van der Waals surface area contributed by atoms with Crippen LogP contribution in [0, 0.1) is 17.7 Å². The van der Waals surface area contributed by atoms with E-state index in [1.807, 2.05) is 25.8 Å². The standard InChI is InChI=1S/C30H32F4N4O3/c1-17-14-38(15-18(2)37(17)3)27-12-25(31)22(20-5-4-6-21(9-20)41-16-19-7-8-19)10-26(27)36-29(40)23-13-35-28(39)11-24(23)30(32,33)34/h4-6,9-13,17-19,23H,7-8,14-16H2,1-3H3,(H,36,40)/t17-,18+,23?. The quantitative estimate of drug-likeness (QED) is 0.446. The Balaban J connectivity index is 1.52. The van der Waals surface area contributed by atoms with E-state index in [1.165, 1.54) is 12.1 Å². The summed E-state index contributed by atoms with van der Waals surface area (Å²) in [6, 6.07) is 9.88. The number of anilines is 2. The number of rotatable bonds is 7. The van der Waals surface area contributed by atoms with Crippen LogP contribution in [0.4, 0.5) is 28.9 Å². The third-order valence-corrected chi connectivity index (χ3v) is 7.95. The largest absolute Gasteiger partial charge is 0.493 e. The van der Waals surface area contributed by atoms with Crippen LogP contribution in [-0.2, 0) is 9.59 Å². The van der Waals surface area contributed by atoms with Gasteiger partial charge in [-0.05, 0) is 69.5 Å². The number of hydrogen-bond acceptors (Lipinski definition) is 5. The molecule has 1 aliphatic carbocycles. The molecule has 2 heterocycles. The van der Waals surface area contributed by atoms with Gasteiger partial charge in [-0.25, -0.2) is 9.38 Å². The van der Waals surface area contributed by atoms with Crippen molar-refractivity contribution in [2.24, 2.45) is 16.8 Å². The lowest BCUT2D eigenvalue weighted by Crippen LogP contribution is -2.55. The molecule has 11 heteroatoms. The van der Waals surface area contributed by atoms with Crippen LogP contribution >= 0.6 is 0 Å². The van der Waals surface area contributed by atoms with Gasteiger partial charge in [0, 0.05) is 43.0 Å². The number of dihydropyridines is 1. The molecule has 1 saturated heterocycles. The fraction of sp³-hybridized carbons (Fsp3) is 0.433. The molecule has 2 amide bonds. The van der Waals surface area contributed by atoms with Gasteiger partial charge in [-0.3, -0.25) is 14.5 Å². The number of nitrogens with one attached hydrogen (secondary N) is 1. The molecule has 0 spiro atoms. The molecular weight excluding hydrogens is 540 g/mol. The van der Waals surface area contributed by atoms with Crippen molar-refractivity contribution in [3.8, 4) is 16.9 Å². The average Bonchev–Trinajstić information content (AvgIpc) is 3.75. The van der Waals surface area contributed by atoms with E-state index >= 15 is 4.39 Å². The third-order valence-electron chi connectivity index (χ3n) is 7.95. The van der Waals surface area contributed by atoms with Crippen LogP contribution in [0.1, 0.15) is 26.7 Å². The van der Waals surface area contributed by atoms with E-state index in [1.54, 1.807) is 24.3 Å². The van der Waals surface area contributed by atoms with Gasteiger partial charge < -0.3 is 15.0 Å². The molecule has 0 aromatic heterocycles. The molecule has 1 unspecified atom stereocenters. The zero-order valence-electron chi connectivity index (χ0n) is 23.0. The summed E-state index contributed by atoms with van der Waals surface area (Å²) in [5.41, 5.74) is -0.129. The van der Waals surface area contributed by atoms with E-state index in [-0.39, 0.29) is 23.3 Å². The maximum Gasteiger partial charge on any atom is 0.414 e. The van der Waals surface area contributed by atoms with Crippen LogP contribution in [0.15, 0.2) is 53.0 Å². The Morgan fingerprint density at radius 1 is 1.12 bits per heavy atom. The second-order valence-electron chi connectivity index (χ2n) is 11.1. The third kappa shape index (κ3) is 6.45. The Labute approximate surface area is 235 Å². The van der Waals surface area contributed by atoms with E-state index in [4.69, 9.17) is 4.74 Å². The first-order valence-electron chi connectivity index (χ1n) is 13.6. The molecule has 2 aromatic rings. The highest BCUT2D eigenvalue weighted by Crippen LogP contribution is 2.39. The summed E-state index contributed by atoms with van der Waals surface area (Å²) < 4.78 is 62.7. The number of hydrogen-bond donors (Lipinski definition) is 1. The molecule has 1 N–H and O–H groups in total. The van der Waals surface area contributed by atoms with Crippen molar-refractivity contribution in [2.75, 3.05) is 37.0 Å². The number of amides is 2. The van der Waals surface area contributed by atoms with Gasteiger partial charge in [0.15, 0.2) is 0 Å². The predicted octanol–water partition coefficient (Wildman–Crippen LogP) is 5.46. The van der Waals surface area contributed by atoms with E-state index in [2.05, 4.69) is 15.2 Å². The summed E-state index contributed by atoms with van der Waals surface area (Å²) in [6.07, 6.45) is -1.64. The summed E-state index contributed by atoms with van der Waals surface area (Å²) in [5, 5.41) is 2.60. The smallest absolute Gasteiger partial charge is 0.414 e. The lowest BCUT2D eigenvalue weighted by atomic mass is 9.95. The highest BCUT2D eigenvalue weighted by Gasteiger charge is 2.43. The van der Waals surface area contributed by atoms with Crippen LogP contribution in [0.25, 0.3) is 11.1 Å². The SMILES string of the molecule is C[C@@H]1CN(c2cc(F)c(-c3cccc(OCC4CC4)c3)cc2NC(=O)C2C=NC(=O)C=C2C(F)(F)F)C[C@H](C)N1C. The second kappa shape index (κ2) is 11.3. The summed E-state index contributed by atoms with van der Waals surface area (Å²) in [4.78, 5) is 32.4. The molecule has 2 aromatic carbocycles. The molecule has 0 radical (unpaired) electrons. The van der Waals surface area contributed by atoms with Gasteiger partial charge in [-0.15, -0.1) is 0 Å². The molecule has 7 nitrogen and oxygen atoms in total. The second-order valence-corrected chi connectivity index (χ2v) is 11.1. The Bertz CT molecular complexity index is 1390. The molecule has 5 rings (SSSR count). The zero-order valence-corrected chi connectivity index (χ0v) is 23.0. The molecule has 0 bridgehead atoms. The average molecular weight is 573 g/mol. The number of ether oxygens (including phenoxy) is 1. The van der Waals surface area contributed by atoms with Gasteiger partial charge in [0.05, 0.1) is 23.6 Å². The monoisotopic (exact) mass is 572 g/mol. The Hall–Kier alpha value is -3.73. The normalized spacial score (nSPS) is 23.4. The summed E-state index contributed by atoms with van der Waals surface area (Å²) in [5.74, 6) is -3.39. The number of benzene rings is 2. The summed E-state index contributed by atoms with van der Waals surface area (Å²) in [7, 11) is 1.99. The number of carbonyl (C=O) groups excluding carboxylic acids is 2. The maximum absolute atomic E-state index is 15.7. The van der Waals surface area contributed by atoms with Crippen molar-refractivity contribution >= 4 is 29.4 Å². The minimum atomic E-state index is -4.91. The topological polar surface area (TPSA) is 74.2 Å². The highest BCUT2D eigenvalue weighted by atomic mass is 19.4. The van der Waals surface area contributed by atoms with E-state index < -0.39 is 35.3 Å². The molecule has 1 saturated carbocycles. The lowest BCUT2D eigenvalue weighted by Gasteiger charge is -2.44. The van der Waals surface area contributed by atoms with E-state index in [0.29, 0.717) is 54.9 Å². The minimum absolute atomic E-state index is 0.0987. The van der Waals surface area contributed by atoms with Crippen LogP contribution in [0.2, 0.25) is 0 Å². The fourth-order valence-electron chi connectivity index (χ4n) is 5.16. The Kier molecular flexibility index (Phi) is 7.91. The molecule has 2 fully saturated rings. The molecule has 2 aliphatic heterocycles. The van der Waals surface area contributed by atoms with Crippen LogP contribution < -0.4 is 15.0 Å². The van der Waals surface area contributed by atoms with Crippen molar-refractivity contribution < 1.29 is 31.9 Å². The van der Waals surface area contributed by atoms with Crippen molar-refractivity contribution in [3.05, 3.63) is 53.9 Å². The van der Waals surface area contributed by atoms with E-state index in [9.17, 15) is 22.8 Å².